The fourth-order valence-electron chi connectivity index (χ4n) is 4.47. The molecule has 0 radical (unpaired) electrons. The van der Waals surface area contributed by atoms with Crippen LogP contribution in [0.4, 0.5) is 5.69 Å². The van der Waals surface area contributed by atoms with E-state index in [1.165, 1.54) is 0 Å². The molecule has 0 aromatic heterocycles. The number of amides is 2. The zero-order chi connectivity index (χ0) is 26.3. The number of ether oxygens (including phenoxy) is 1. The van der Waals surface area contributed by atoms with Gasteiger partial charge in [-0.15, -0.1) is 0 Å². The van der Waals surface area contributed by atoms with Crippen molar-refractivity contribution in [2.45, 2.75) is 70.4 Å². The number of aliphatic carboxylic acids is 2. The highest BCUT2D eigenvalue weighted by Gasteiger charge is 2.45. The van der Waals surface area contributed by atoms with Crippen molar-refractivity contribution in [3.8, 4) is 5.75 Å². The SMILES string of the molecule is Cc1cc(C)cc(NC(=O)Cc2ccc(OC3(C(=O)N[C@H](CCC(=O)O)C(=O)O)CCCC3)cc2)c1. The number of carboxylic acid groups (broad SMARTS) is 2. The first-order valence-electron chi connectivity index (χ1n) is 12.0. The Hall–Kier alpha value is -3.88. The number of carbonyl (C=O) groups excluding carboxylic acids is 2. The molecule has 2 aromatic carbocycles. The zero-order valence-electron chi connectivity index (χ0n) is 20.5. The molecule has 1 saturated carbocycles. The van der Waals surface area contributed by atoms with Crippen LogP contribution in [-0.2, 0) is 25.6 Å². The van der Waals surface area contributed by atoms with Crippen molar-refractivity contribution in [3.63, 3.8) is 0 Å². The predicted molar refractivity (Wildman–Crippen MR) is 133 cm³/mol. The number of anilines is 1. The molecule has 2 amide bonds. The molecule has 0 heterocycles. The summed E-state index contributed by atoms with van der Waals surface area (Å²) in [5, 5.41) is 23.6. The maximum atomic E-state index is 13.1. The highest BCUT2D eigenvalue weighted by atomic mass is 16.5. The van der Waals surface area contributed by atoms with Crippen molar-refractivity contribution in [1.29, 1.82) is 0 Å². The average molecular weight is 497 g/mol. The molecule has 1 atom stereocenters. The van der Waals surface area contributed by atoms with Gasteiger partial charge in [0.15, 0.2) is 5.60 Å². The predicted octanol–water partition coefficient (Wildman–Crippen LogP) is 3.61. The van der Waals surface area contributed by atoms with Crippen LogP contribution in [0.15, 0.2) is 42.5 Å². The van der Waals surface area contributed by atoms with E-state index in [2.05, 4.69) is 10.6 Å². The second kappa shape index (κ2) is 11.7. The molecule has 1 aliphatic carbocycles. The smallest absolute Gasteiger partial charge is 0.326 e. The van der Waals surface area contributed by atoms with Crippen molar-refractivity contribution >= 4 is 29.4 Å². The molecule has 4 N–H and O–H groups in total. The first kappa shape index (κ1) is 26.7. The third kappa shape index (κ3) is 7.31. The summed E-state index contributed by atoms with van der Waals surface area (Å²) in [6, 6.07) is 11.4. The lowest BCUT2D eigenvalue weighted by Gasteiger charge is -2.30. The van der Waals surface area contributed by atoms with Crippen LogP contribution in [0, 0.1) is 13.8 Å². The highest BCUT2D eigenvalue weighted by Crippen LogP contribution is 2.35. The monoisotopic (exact) mass is 496 g/mol. The Kier molecular flexibility index (Phi) is 8.68. The standard InChI is InChI=1S/C27H32N2O7/c1-17-13-18(2)15-20(14-17)28-23(30)16-19-5-7-21(8-6-19)36-27(11-3-4-12-27)26(35)29-22(25(33)34)9-10-24(31)32/h5-8,13-15,22H,3-4,9-12,16H2,1-2H3,(H,28,30)(H,29,35)(H,31,32)(H,33,34)/t22-/m1/s1. The van der Waals surface area contributed by atoms with Crippen LogP contribution in [0.5, 0.6) is 5.75 Å². The Morgan fingerprint density at radius 1 is 0.972 bits per heavy atom. The first-order chi connectivity index (χ1) is 17.1. The Morgan fingerprint density at radius 2 is 1.58 bits per heavy atom. The van der Waals surface area contributed by atoms with Crippen molar-refractivity contribution in [2.24, 2.45) is 0 Å². The fourth-order valence-corrected chi connectivity index (χ4v) is 4.47. The summed E-state index contributed by atoms with van der Waals surface area (Å²) in [7, 11) is 0. The molecular formula is C27H32N2O7. The second-order valence-electron chi connectivity index (χ2n) is 9.35. The molecule has 3 rings (SSSR count). The van der Waals surface area contributed by atoms with E-state index in [0.29, 0.717) is 18.6 Å². The summed E-state index contributed by atoms with van der Waals surface area (Å²) in [5.41, 5.74) is 2.42. The van der Waals surface area contributed by atoms with Gasteiger partial charge in [0.1, 0.15) is 11.8 Å². The maximum Gasteiger partial charge on any atom is 0.326 e. The molecule has 0 aliphatic heterocycles. The lowest BCUT2D eigenvalue weighted by Crippen LogP contribution is -2.54. The lowest BCUT2D eigenvalue weighted by atomic mass is 9.99. The number of rotatable bonds is 11. The first-order valence-corrected chi connectivity index (χ1v) is 12.0. The fraction of sp³-hybridized carbons (Fsp3) is 0.407. The van der Waals surface area contributed by atoms with Crippen LogP contribution in [0.25, 0.3) is 0 Å². The van der Waals surface area contributed by atoms with E-state index in [4.69, 9.17) is 9.84 Å². The topological polar surface area (TPSA) is 142 Å². The Labute approximate surface area is 209 Å². The van der Waals surface area contributed by atoms with Gasteiger partial charge in [0, 0.05) is 12.1 Å². The number of carbonyl (C=O) groups is 4. The number of benzene rings is 2. The molecule has 9 nitrogen and oxygen atoms in total. The number of hydrogen-bond acceptors (Lipinski definition) is 5. The van der Waals surface area contributed by atoms with Gasteiger partial charge >= 0.3 is 11.9 Å². The Balaban J connectivity index is 1.63. The number of aryl methyl sites for hydroxylation is 2. The van der Waals surface area contributed by atoms with Crippen molar-refractivity contribution in [1.82, 2.24) is 5.32 Å². The van der Waals surface area contributed by atoms with E-state index in [0.717, 1.165) is 35.2 Å². The molecule has 2 aromatic rings. The maximum absolute atomic E-state index is 13.1. The molecule has 9 heteroatoms. The van der Waals surface area contributed by atoms with Crippen molar-refractivity contribution in [3.05, 3.63) is 59.2 Å². The molecule has 0 unspecified atom stereocenters. The Morgan fingerprint density at radius 3 is 2.14 bits per heavy atom. The van der Waals surface area contributed by atoms with E-state index >= 15 is 0 Å². The largest absolute Gasteiger partial charge is 0.481 e. The van der Waals surface area contributed by atoms with E-state index in [1.807, 2.05) is 32.0 Å². The number of hydrogen-bond donors (Lipinski definition) is 4. The normalized spacial score (nSPS) is 15.1. The van der Waals surface area contributed by atoms with Gasteiger partial charge < -0.3 is 25.6 Å². The Bertz CT molecular complexity index is 1100. The lowest BCUT2D eigenvalue weighted by molar-refractivity contribution is -0.146. The summed E-state index contributed by atoms with van der Waals surface area (Å²) >= 11 is 0. The summed E-state index contributed by atoms with van der Waals surface area (Å²) in [5.74, 6) is -2.70. The number of carboxylic acids is 2. The van der Waals surface area contributed by atoms with Gasteiger partial charge in [0.2, 0.25) is 5.91 Å². The summed E-state index contributed by atoms with van der Waals surface area (Å²) in [4.78, 5) is 47.9. The van der Waals surface area contributed by atoms with E-state index in [1.54, 1.807) is 24.3 Å². The van der Waals surface area contributed by atoms with Gasteiger partial charge in [0.25, 0.3) is 5.91 Å². The van der Waals surface area contributed by atoms with Gasteiger partial charge in [0.05, 0.1) is 6.42 Å². The van der Waals surface area contributed by atoms with E-state index < -0.39 is 29.5 Å². The third-order valence-corrected chi connectivity index (χ3v) is 6.18. The molecule has 1 aliphatic rings. The third-order valence-electron chi connectivity index (χ3n) is 6.18. The minimum atomic E-state index is -1.31. The summed E-state index contributed by atoms with van der Waals surface area (Å²) in [6.07, 6.45) is 1.92. The van der Waals surface area contributed by atoms with Gasteiger partial charge in [-0.2, -0.15) is 0 Å². The highest BCUT2D eigenvalue weighted by molar-refractivity contribution is 5.92. The van der Waals surface area contributed by atoms with E-state index in [-0.39, 0.29) is 25.2 Å². The molecule has 0 spiro atoms. The van der Waals surface area contributed by atoms with Crippen LogP contribution in [0.2, 0.25) is 0 Å². The van der Waals surface area contributed by atoms with Crippen LogP contribution >= 0.6 is 0 Å². The van der Waals surface area contributed by atoms with Crippen molar-refractivity contribution < 1.29 is 34.1 Å². The summed E-state index contributed by atoms with van der Waals surface area (Å²) in [6.45, 7) is 3.94. The van der Waals surface area contributed by atoms with Gasteiger partial charge in [-0.3, -0.25) is 14.4 Å². The van der Waals surface area contributed by atoms with Gasteiger partial charge in [-0.1, -0.05) is 18.2 Å². The van der Waals surface area contributed by atoms with Gasteiger partial charge in [-0.25, -0.2) is 4.79 Å². The van der Waals surface area contributed by atoms with Crippen LogP contribution in [0.3, 0.4) is 0 Å². The molecule has 0 bridgehead atoms. The van der Waals surface area contributed by atoms with Crippen LogP contribution in [0.1, 0.15) is 55.2 Å². The average Bonchev–Trinajstić information content (AvgIpc) is 3.26. The molecule has 0 saturated heterocycles. The molecular weight excluding hydrogens is 464 g/mol. The van der Waals surface area contributed by atoms with Crippen LogP contribution in [-0.4, -0.2) is 45.6 Å². The quantitative estimate of drug-likeness (QED) is 0.372. The molecule has 192 valence electrons. The zero-order valence-corrected chi connectivity index (χ0v) is 20.5. The molecule has 36 heavy (non-hydrogen) atoms. The molecule has 1 fully saturated rings. The van der Waals surface area contributed by atoms with Crippen LogP contribution < -0.4 is 15.4 Å². The number of nitrogens with one attached hydrogen (secondary N) is 2. The van der Waals surface area contributed by atoms with Gasteiger partial charge in [-0.05, 0) is 86.9 Å². The summed E-state index contributed by atoms with van der Waals surface area (Å²) < 4.78 is 6.09. The van der Waals surface area contributed by atoms with Crippen molar-refractivity contribution in [2.75, 3.05) is 5.32 Å². The van der Waals surface area contributed by atoms with E-state index in [9.17, 15) is 24.3 Å². The minimum Gasteiger partial charge on any atom is -0.481 e. The second-order valence-corrected chi connectivity index (χ2v) is 9.35. The minimum absolute atomic E-state index is 0.151.